The number of hydrogen-bond donors (Lipinski definition) is 2. The predicted octanol–water partition coefficient (Wildman–Crippen LogP) is 3.40. The van der Waals surface area contributed by atoms with Gasteiger partial charge >= 0.3 is 0 Å². The summed E-state index contributed by atoms with van der Waals surface area (Å²) in [5, 5.41) is 7.11. The van der Waals surface area contributed by atoms with E-state index in [9.17, 15) is 4.39 Å². The minimum Gasteiger partial charge on any atom is -0.494 e. The molecular formula is C18H21ClFN3O. The Morgan fingerprint density at radius 1 is 1.17 bits per heavy atom. The first-order valence-electron chi connectivity index (χ1n) is 7.63. The van der Waals surface area contributed by atoms with E-state index < -0.39 is 0 Å². The molecule has 24 heavy (non-hydrogen) atoms. The highest BCUT2D eigenvalue weighted by Gasteiger charge is 2.04. The molecule has 2 aromatic rings. The third-order valence-electron chi connectivity index (χ3n) is 3.49. The molecule has 2 rings (SSSR count). The summed E-state index contributed by atoms with van der Waals surface area (Å²) in [6.07, 6.45) is 0.832. The van der Waals surface area contributed by atoms with Crippen molar-refractivity contribution in [2.24, 2.45) is 4.99 Å². The number of benzene rings is 2. The maximum atomic E-state index is 13.7. The molecule has 0 saturated heterocycles. The van der Waals surface area contributed by atoms with Crippen LogP contribution in [0.3, 0.4) is 0 Å². The van der Waals surface area contributed by atoms with Gasteiger partial charge in [-0.3, -0.25) is 4.99 Å². The number of halogens is 2. The molecule has 0 unspecified atom stereocenters. The van der Waals surface area contributed by atoms with Gasteiger partial charge in [-0.05, 0) is 41.8 Å². The van der Waals surface area contributed by atoms with Crippen LogP contribution in [0.1, 0.15) is 11.1 Å². The Morgan fingerprint density at radius 2 is 2.00 bits per heavy atom. The third-order valence-corrected chi connectivity index (χ3v) is 3.73. The van der Waals surface area contributed by atoms with Crippen LogP contribution in [0.15, 0.2) is 47.5 Å². The fourth-order valence-electron chi connectivity index (χ4n) is 2.24. The molecule has 0 aliphatic carbocycles. The van der Waals surface area contributed by atoms with Crippen LogP contribution < -0.4 is 15.4 Å². The van der Waals surface area contributed by atoms with Gasteiger partial charge in [0.15, 0.2) is 17.5 Å². The van der Waals surface area contributed by atoms with E-state index in [-0.39, 0.29) is 11.6 Å². The fourth-order valence-corrected chi connectivity index (χ4v) is 2.46. The molecule has 0 amide bonds. The summed E-state index contributed by atoms with van der Waals surface area (Å²) in [7, 11) is 3.14. The molecule has 2 N–H and O–H groups in total. The quantitative estimate of drug-likeness (QED) is 0.620. The van der Waals surface area contributed by atoms with E-state index >= 15 is 0 Å². The second-order valence-electron chi connectivity index (χ2n) is 5.20. The van der Waals surface area contributed by atoms with Crippen molar-refractivity contribution in [1.82, 2.24) is 10.6 Å². The normalized spacial score (nSPS) is 11.2. The number of nitrogens with one attached hydrogen (secondary N) is 2. The lowest BCUT2D eigenvalue weighted by Gasteiger charge is -2.12. The molecule has 0 fully saturated rings. The largest absolute Gasteiger partial charge is 0.494 e. The van der Waals surface area contributed by atoms with E-state index in [1.165, 1.54) is 13.2 Å². The molecule has 0 saturated carbocycles. The van der Waals surface area contributed by atoms with Crippen LogP contribution in [0.4, 0.5) is 4.39 Å². The fraction of sp³-hybridized carbons (Fsp3) is 0.278. The maximum Gasteiger partial charge on any atom is 0.191 e. The van der Waals surface area contributed by atoms with Gasteiger partial charge in [-0.1, -0.05) is 29.8 Å². The van der Waals surface area contributed by atoms with Gasteiger partial charge in [0, 0.05) is 25.2 Å². The maximum absolute atomic E-state index is 13.7. The molecule has 0 spiro atoms. The molecule has 4 nitrogen and oxygen atoms in total. The molecule has 0 atom stereocenters. The zero-order chi connectivity index (χ0) is 17.4. The summed E-state index contributed by atoms with van der Waals surface area (Å²) >= 11 is 5.97. The van der Waals surface area contributed by atoms with Gasteiger partial charge in [-0.2, -0.15) is 0 Å². The second kappa shape index (κ2) is 9.13. The molecule has 6 heteroatoms. The van der Waals surface area contributed by atoms with Crippen LogP contribution in [0.5, 0.6) is 5.75 Å². The van der Waals surface area contributed by atoms with Crippen LogP contribution in [0.2, 0.25) is 5.02 Å². The number of rotatable bonds is 6. The first-order valence-corrected chi connectivity index (χ1v) is 8.01. The summed E-state index contributed by atoms with van der Waals surface area (Å²) in [5.74, 6) is 0.525. The highest BCUT2D eigenvalue weighted by atomic mass is 35.5. The van der Waals surface area contributed by atoms with Crippen molar-refractivity contribution in [3.63, 3.8) is 0 Å². The number of ether oxygens (including phenoxy) is 1. The van der Waals surface area contributed by atoms with Gasteiger partial charge in [0.05, 0.1) is 7.11 Å². The van der Waals surface area contributed by atoms with Crippen molar-refractivity contribution < 1.29 is 9.13 Å². The number of aliphatic imine (C=N–C) groups is 1. The molecule has 0 aliphatic heterocycles. The minimum absolute atomic E-state index is 0.239. The Morgan fingerprint density at radius 3 is 2.67 bits per heavy atom. The molecule has 2 aromatic carbocycles. The molecular weight excluding hydrogens is 329 g/mol. The number of guanidine groups is 1. The summed E-state index contributed by atoms with van der Waals surface area (Å²) in [6.45, 7) is 1.19. The monoisotopic (exact) mass is 349 g/mol. The molecule has 0 aromatic heterocycles. The Hall–Kier alpha value is -2.27. The van der Waals surface area contributed by atoms with Gasteiger partial charge in [0.25, 0.3) is 0 Å². The molecule has 0 aliphatic rings. The lowest BCUT2D eigenvalue weighted by atomic mass is 10.1. The average molecular weight is 350 g/mol. The van der Waals surface area contributed by atoms with Gasteiger partial charge < -0.3 is 15.4 Å². The van der Waals surface area contributed by atoms with Crippen molar-refractivity contribution in [1.29, 1.82) is 0 Å². The molecule has 0 bridgehead atoms. The number of nitrogens with zero attached hydrogens (tertiary/aromatic N) is 1. The van der Waals surface area contributed by atoms with Gasteiger partial charge in [-0.15, -0.1) is 0 Å². The van der Waals surface area contributed by atoms with Crippen LogP contribution >= 0.6 is 11.6 Å². The Balaban J connectivity index is 1.81. The van der Waals surface area contributed by atoms with Crippen molar-refractivity contribution in [3.05, 3.63) is 64.4 Å². The average Bonchev–Trinajstić information content (AvgIpc) is 2.58. The van der Waals surface area contributed by atoms with E-state index in [1.54, 1.807) is 13.1 Å². The van der Waals surface area contributed by atoms with Crippen LogP contribution in [-0.2, 0) is 13.0 Å². The van der Waals surface area contributed by atoms with Crippen LogP contribution in [0, 0.1) is 5.82 Å². The van der Waals surface area contributed by atoms with Crippen molar-refractivity contribution in [3.8, 4) is 5.75 Å². The van der Waals surface area contributed by atoms with Crippen molar-refractivity contribution in [2.75, 3.05) is 20.7 Å². The van der Waals surface area contributed by atoms with E-state index in [2.05, 4.69) is 15.6 Å². The number of hydrogen-bond acceptors (Lipinski definition) is 2. The number of methoxy groups -OCH3 is 1. The second-order valence-corrected chi connectivity index (χ2v) is 5.64. The van der Waals surface area contributed by atoms with Crippen molar-refractivity contribution >= 4 is 17.6 Å². The summed E-state index contributed by atoms with van der Waals surface area (Å²) in [5.41, 5.74) is 1.97. The Kier molecular flexibility index (Phi) is 6.88. The van der Waals surface area contributed by atoms with E-state index in [1.807, 2.05) is 30.3 Å². The first-order chi connectivity index (χ1) is 11.6. The molecule has 0 heterocycles. The topological polar surface area (TPSA) is 45.7 Å². The highest BCUT2D eigenvalue weighted by molar-refractivity contribution is 6.30. The van der Waals surface area contributed by atoms with Gasteiger partial charge in [0.1, 0.15) is 0 Å². The van der Waals surface area contributed by atoms with Crippen molar-refractivity contribution in [2.45, 2.75) is 13.0 Å². The SMILES string of the molecule is CN=C(NCCc1cccc(Cl)c1)NCc1ccc(OC)c(F)c1. The first kappa shape index (κ1) is 18.1. The smallest absolute Gasteiger partial charge is 0.191 e. The Bertz CT molecular complexity index is 706. The summed E-state index contributed by atoms with van der Waals surface area (Å²) < 4.78 is 18.6. The standard InChI is InChI=1S/C18H21ClFN3O/c1-21-18(22-9-8-13-4-3-5-15(19)10-13)23-12-14-6-7-17(24-2)16(20)11-14/h3-7,10-11H,8-9,12H2,1-2H3,(H2,21,22,23). The van der Waals surface area contributed by atoms with Crippen LogP contribution in [-0.4, -0.2) is 26.7 Å². The lowest BCUT2D eigenvalue weighted by Crippen LogP contribution is -2.37. The third kappa shape index (κ3) is 5.42. The summed E-state index contributed by atoms with van der Waals surface area (Å²) in [6, 6.07) is 12.6. The zero-order valence-corrected chi connectivity index (χ0v) is 14.5. The van der Waals surface area contributed by atoms with Gasteiger partial charge in [0.2, 0.25) is 0 Å². The molecule has 128 valence electrons. The Labute approximate surface area is 146 Å². The lowest BCUT2D eigenvalue weighted by molar-refractivity contribution is 0.386. The van der Waals surface area contributed by atoms with E-state index in [0.717, 1.165) is 29.1 Å². The van der Waals surface area contributed by atoms with E-state index in [4.69, 9.17) is 16.3 Å². The van der Waals surface area contributed by atoms with Gasteiger partial charge in [-0.25, -0.2) is 4.39 Å². The minimum atomic E-state index is -0.374. The zero-order valence-electron chi connectivity index (χ0n) is 13.8. The highest BCUT2D eigenvalue weighted by Crippen LogP contribution is 2.17. The summed E-state index contributed by atoms with van der Waals surface area (Å²) in [4.78, 5) is 4.16. The van der Waals surface area contributed by atoms with Crippen LogP contribution in [0.25, 0.3) is 0 Å². The van der Waals surface area contributed by atoms with E-state index in [0.29, 0.717) is 12.5 Å². The predicted molar refractivity (Wildman–Crippen MR) is 96.3 cm³/mol. The molecule has 0 radical (unpaired) electrons.